The molecule has 2 heterocycles. The minimum absolute atomic E-state index is 0.475. The van der Waals surface area contributed by atoms with Crippen LogP contribution in [0, 0.1) is 0 Å². The van der Waals surface area contributed by atoms with Crippen LogP contribution in [0.1, 0.15) is 25.6 Å². The van der Waals surface area contributed by atoms with Gasteiger partial charge in [0, 0.05) is 16.7 Å². The number of nitrogens with one attached hydrogen (secondary N) is 1. The van der Waals surface area contributed by atoms with Crippen LogP contribution >= 0.6 is 11.3 Å². The molecule has 0 aliphatic heterocycles. The van der Waals surface area contributed by atoms with Gasteiger partial charge in [0.15, 0.2) is 0 Å². The Labute approximate surface area is 114 Å². The molecular weight excluding hydrogens is 264 g/mol. The maximum absolute atomic E-state index is 12.0. The first-order valence-corrected chi connectivity index (χ1v) is 6.77. The van der Waals surface area contributed by atoms with Gasteiger partial charge in [-0.05, 0) is 20.8 Å². The van der Waals surface area contributed by atoms with E-state index in [-0.39, 0.29) is 0 Å². The molecule has 19 heavy (non-hydrogen) atoms. The second-order valence-corrected chi connectivity index (χ2v) is 6.12. The van der Waals surface area contributed by atoms with E-state index in [1.165, 1.54) is 11.3 Å². The van der Waals surface area contributed by atoms with Crippen LogP contribution in [0.4, 0.5) is 4.79 Å². The van der Waals surface area contributed by atoms with Crippen molar-refractivity contribution in [3.8, 4) is 0 Å². The predicted octanol–water partition coefficient (Wildman–Crippen LogP) is 2.90. The molecule has 0 radical (unpaired) electrons. The van der Waals surface area contributed by atoms with Crippen LogP contribution in [0.3, 0.4) is 0 Å². The molecule has 0 aliphatic rings. The molecule has 0 atom stereocenters. The van der Waals surface area contributed by atoms with Crippen molar-refractivity contribution in [3.63, 3.8) is 0 Å². The van der Waals surface area contributed by atoms with Gasteiger partial charge in [0.25, 0.3) is 0 Å². The highest BCUT2D eigenvalue weighted by molar-refractivity contribution is 7.11. The van der Waals surface area contributed by atoms with Crippen molar-refractivity contribution in [2.45, 2.75) is 32.8 Å². The van der Waals surface area contributed by atoms with Crippen molar-refractivity contribution in [1.82, 2.24) is 9.55 Å². The number of imidazole rings is 1. The Bertz CT molecular complexity index is 685. The number of H-pyrrole nitrogens is 1. The molecule has 2 aromatic heterocycles. The topological polar surface area (TPSA) is 64.1 Å². The van der Waals surface area contributed by atoms with Gasteiger partial charge in [-0.3, -0.25) is 0 Å². The summed E-state index contributed by atoms with van der Waals surface area (Å²) in [6.07, 6.45) is 1.75. The van der Waals surface area contributed by atoms with E-state index >= 15 is 0 Å². The minimum atomic E-state index is -0.660. The number of hydrogen-bond donors (Lipinski definition) is 1. The summed E-state index contributed by atoms with van der Waals surface area (Å²) in [4.78, 5) is 27.6. The van der Waals surface area contributed by atoms with E-state index in [1.807, 2.05) is 0 Å². The lowest BCUT2D eigenvalue weighted by molar-refractivity contribution is 0.0538. The predicted molar refractivity (Wildman–Crippen MR) is 76.0 cm³/mol. The average molecular weight is 280 g/mol. The molecule has 6 heteroatoms. The molecule has 1 N–H and O–H groups in total. The summed E-state index contributed by atoms with van der Waals surface area (Å²) < 4.78 is 6.26. The van der Waals surface area contributed by atoms with Crippen LogP contribution in [0.5, 0.6) is 0 Å². The first kappa shape index (κ1) is 13.6. The molecule has 2 aromatic rings. The van der Waals surface area contributed by atoms with Gasteiger partial charge in [-0.25, -0.2) is 9.59 Å². The largest absolute Gasteiger partial charge is 0.443 e. The SMILES string of the molecule is C=CCc1scc2c1[nH]c(=O)n2C(=O)OC(C)(C)C. The Balaban J connectivity index is 2.49. The van der Waals surface area contributed by atoms with Gasteiger partial charge in [0.1, 0.15) is 5.60 Å². The Kier molecular flexibility index (Phi) is 3.36. The molecule has 2 rings (SSSR count). The number of aromatic nitrogens is 2. The van der Waals surface area contributed by atoms with E-state index in [1.54, 1.807) is 32.2 Å². The monoisotopic (exact) mass is 280 g/mol. The molecule has 0 fully saturated rings. The summed E-state index contributed by atoms with van der Waals surface area (Å²) in [5.74, 6) is 0. The van der Waals surface area contributed by atoms with E-state index in [9.17, 15) is 9.59 Å². The molecular formula is C13H16N2O3S. The first-order valence-electron chi connectivity index (χ1n) is 5.89. The van der Waals surface area contributed by atoms with E-state index in [4.69, 9.17) is 4.74 Å². The van der Waals surface area contributed by atoms with E-state index in [0.717, 1.165) is 9.44 Å². The van der Waals surface area contributed by atoms with Gasteiger partial charge in [-0.2, -0.15) is 4.57 Å². The van der Waals surface area contributed by atoms with E-state index < -0.39 is 17.4 Å². The second-order valence-electron chi connectivity index (χ2n) is 5.16. The van der Waals surface area contributed by atoms with Crippen LogP contribution in [0.15, 0.2) is 22.8 Å². The Morgan fingerprint density at radius 2 is 2.26 bits per heavy atom. The summed E-state index contributed by atoms with van der Waals surface area (Å²) in [6.45, 7) is 8.95. The van der Waals surface area contributed by atoms with Gasteiger partial charge in [0.05, 0.1) is 11.0 Å². The van der Waals surface area contributed by atoms with Crippen LogP contribution < -0.4 is 5.69 Å². The zero-order chi connectivity index (χ0) is 14.2. The number of thiophene rings is 1. The molecule has 0 unspecified atom stereocenters. The Morgan fingerprint density at radius 3 is 2.84 bits per heavy atom. The first-order chi connectivity index (χ1) is 8.83. The third kappa shape index (κ3) is 2.63. The van der Waals surface area contributed by atoms with Crippen molar-refractivity contribution in [2.24, 2.45) is 0 Å². The lowest BCUT2D eigenvalue weighted by atomic mass is 10.2. The van der Waals surface area contributed by atoms with Gasteiger partial charge < -0.3 is 9.72 Å². The maximum atomic E-state index is 12.0. The fourth-order valence-corrected chi connectivity index (χ4v) is 2.69. The number of allylic oxidation sites excluding steroid dienone is 1. The highest BCUT2D eigenvalue weighted by atomic mass is 32.1. The molecule has 5 nitrogen and oxygen atoms in total. The zero-order valence-electron chi connectivity index (χ0n) is 11.1. The number of carbonyl (C=O) groups is 1. The molecule has 0 aromatic carbocycles. The van der Waals surface area contributed by atoms with E-state index in [0.29, 0.717) is 17.5 Å². The molecule has 0 saturated carbocycles. The Hall–Kier alpha value is -1.82. The van der Waals surface area contributed by atoms with Gasteiger partial charge >= 0.3 is 11.8 Å². The van der Waals surface area contributed by atoms with Gasteiger partial charge in [-0.1, -0.05) is 6.08 Å². The van der Waals surface area contributed by atoms with Crippen LogP contribution in [0.2, 0.25) is 0 Å². The smallest absolute Gasteiger partial charge is 0.423 e. The summed E-state index contributed by atoms with van der Waals surface area (Å²) >= 11 is 1.48. The number of ether oxygens (including phenoxy) is 1. The summed E-state index contributed by atoms with van der Waals surface area (Å²) in [6, 6.07) is 0. The standard InChI is InChI=1S/C13H16N2O3S/c1-5-6-9-10-8(7-19-9)15(11(16)14-10)12(17)18-13(2,3)4/h5,7H,1,6H2,2-4H3,(H,14,16). The van der Waals surface area contributed by atoms with Crippen molar-refractivity contribution in [1.29, 1.82) is 0 Å². The highest BCUT2D eigenvalue weighted by Gasteiger charge is 2.23. The van der Waals surface area contributed by atoms with Crippen LogP contribution in [-0.2, 0) is 11.2 Å². The number of fused-ring (bicyclic) bond motifs is 1. The normalized spacial score (nSPS) is 11.7. The lowest BCUT2D eigenvalue weighted by Gasteiger charge is -2.19. The van der Waals surface area contributed by atoms with Gasteiger partial charge in [-0.15, -0.1) is 17.9 Å². The molecule has 0 saturated heterocycles. The molecule has 0 bridgehead atoms. The number of nitrogens with zero attached hydrogens (tertiary/aromatic N) is 1. The quantitative estimate of drug-likeness (QED) is 0.860. The highest BCUT2D eigenvalue weighted by Crippen LogP contribution is 2.24. The average Bonchev–Trinajstić information content (AvgIpc) is 2.75. The summed E-state index contributed by atoms with van der Waals surface area (Å²) in [5, 5.41) is 1.77. The van der Waals surface area contributed by atoms with Crippen molar-refractivity contribution in [3.05, 3.63) is 33.4 Å². The summed E-state index contributed by atoms with van der Waals surface area (Å²) in [5.41, 5.74) is 0.124. The zero-order valence-corrected chi connectivity index (χ0v) is 12.0. The summed E-state index contributed by atoms with van der Waals surface area (Å²) in [7, 11) is 0. The number of hydrogen-bond acceptors (Lipinski definition) is 4. The number of aromatic amines is 1. The lowest BCUT2D eigenvalue weighted by Crippen LogP contribution is -2.32. The maximum Gasteiger partial charge on any atom is 0.423 e. The van der Waals surface area contributed by atoms with Crippen molar-refractivity contribution < 1.29 is 9.53 Å². The molecule has 0 aliphatic carbocycles. The fourth-order valence-electron chi connectivity index (χ4n) is 1.73. The molecule has 0 spiro atoms. The number of rotatable bonds is 2. The van der Waals surface area contributed by atoms with Gasteiger partial charge in [0.2, 0.25) is 0 Å². The van der Waals surface area contributed by atoms with Crippen molar-refractivity contribution in [2.75, 3.05) is 0 Å². The minimum Gasteiger partial charge on any atom is -0.443 e. The number of carbonyl (C=O) groups excluding carboxylic acids is 1. The fraction of sp³-hybridized carbons (Fsp3) is 0.385. The molecule has 0 amide bonds. The van der Waals surface area contributed by atoms with Crippen molar-refractivity contribution >= 4 is 28.5 Å². The van der Waals surface area contributed by atoms with Crippen LogP contribution in [0.25, 0.3) is 11.0 Å². The second kappa shape index (κ2) is 4.70. The Morgan fingerprint density at radius 1 is 1.58 bits per heavy atom. The third-order valence-electron chi connectivity index (χ3n) is 2.43. The van der Waals surface area contributed by atoms with E-state index in [2.05, 4.69) is 11.6 Å². The third-order valence-corrected chi connectivity index (χ3v) is 3.43. The van der Waals surface area contributed by atoms with Crippen LogP contribution in [-0.4, -0.2) is 21.2 Å². The molecule has 102 valence electrons.